The Bertz CT molecular complexity index is 634. The molecule has 0 saturated heterocycles. The summed E-state index contributed by atoms with van der Waals surface area (Å²) < 4.78 is 5.96. The molecule has 7 heteroatoms. The number of benzene rings is 1. The van der Waals surface area contributed by atoms with Gasteiger partial charge in [-0.1, -0.05) is 12.1 Å². The van der Waals surface area contributed by atoms with Crippen LogP contribution in [0.5, 0.6) is 5.75 Å². The van der Waals surface area contributed by atoms with E-state index in [0.717, 1.165) is 5.56 Å². The maximum Gasteiger partial charge on any atom is 0.287 e. The summed E-state index contributed by atoms with van der Waals surface area (Å²) >= 11 is 3.19. The number of rotatable bonds is 5. The number of nitro groups is 1. The van der Waals surface area contributed by atoms with E-state index in [2.05, 4.69) is 26.2 Å². The van der Waals surface area contributed by atoms with Gasteiger partial charge in [0.25, 0.3) is 5.69 Å². The second-order valence-corrected chi connectivity index (χ2v) is 4.69. The molecular weight excluding hydrogens is 326 g/mol. The lowest BCUT2D eigenvalue weighted by molar-refractivity contribution is -0.385. The van der Waals surface area contributed by atoms with Crippen LogP contribution in [0.3, 0.4) is 0 Å². The molecule has 0 fully saturated rings. The van der Waals surface area contributed by atoms with Crippen LogP contribution in [-0.2, 0) is 6.61 Å². The van der Waals surface area contributed by atoms with Gasteiger partial charge in [-0.15, -0.1) is 0 Å². The van der Waals surface area contributed by atoms with Crippen LogP contribution in [0.1, 0.15) is 5.56 Å². The van der Waals surface area contributed by atoms with Crippen LogP contribution in [0.2, 0.25) is 0 Å². The van der Waals surface area contributed by atoms with Gasteiger partial charge in [0.15, 0.2) is 0 Å². The Labute approximate surface area is 124 Å². The van der Waals surface area contributed by atoms with Gasteiger partial charge in [0.1, 0.15) is 22.6 Å². The van der Waals surface area contributed by atoms with Gasteiger partial charge in [-0.3, -0.25) is 10.1 Å². The Morgan fingerprint density at radius 3 is 2.90 bits per heavy atom. The molecule has 0 aliphatic carbocycles. The molecule has 1 aromatic carbocycles. The lowest BCUT2D eigenvalue weighted by Crippen LogP contribution is -2.03. The zero-order valence-electron chi connectivity index (χ0n) is 10.7. The normalized spacial score (nSPS) is 10.1. The Morgan fingerprint density at radius 2 is 2.20 bits per heavy atom. The van der Waals surface area contributed by atoms with E-state index < -0.39 is 4.92 Å². The Kier molecular flexibility index (Phi) is 4.52. The molecule has 2 rings (SSSR count). The third-order valence-corrected chi connectivity index (χ3v) is 3.45. The standard InChI is InChI=1S/C13H12BrN3O3/c1-15-13-9(4-3-7-16-13)8-20-11-6-2-5-10(12(11)14)17(18)19/h2-7H,8H2,1H3,(H,15,16). The van der Waals surface area contributed by atoms with Crippen molar-refractivity contribution in [3.8, 4) is 5.75 Å². The molecule has 6 nitrogen and oxygen atoms in total. The summed E-state index contributed by atoms with van der Waals surface area (Å²) in [7, 11) is 1.77. The number of anilines is 1. The number of hydrogen-bond acceptors (Lipinski definition) is 5. The summed E-state index contributed by atoms with van der Waals surface area (Å²) in [6.45, 7) is 0.268. The number of halogens is 1. The van der Waals surface area contributed by atoms with Crippen LogP contribution in [0.25, 0.3) is 0 Å². The van der Waals surface area contributed by atoms with Crippen molar-refractivity contribution in [2.24, 2.45) is 0 Å². The van der Waals surface area contributed by atoms with E-state index in [1.807, 2.05) is 12.1 Å². The predicted molar refractivity (Wildman–Crippen MR) is 78.9 cm³/mol. The highest BCUT2D eigenvalue weighted by atomic mass is 79.9. The van der Waals surface area contributed by atoms with Gasteiger partial charge >= 0.3 is 0 Å². The van der Waals surface area contributed by atoms with Gasteiger partial charge in [0.2, 0.25) is 0 Å². The van der Waals surface area contributed by atoms with Crippen molar-refractivity contribution < 1.29 is 9.66 Å². The van der Waals surface area contributed by atoms with E-state index in [4.69, 9.17) is 4.74 Å². The van der Waals surface area contributed by atoms with Crippen molar-refractivity contribution in [3.05, 3.63) is 56.7 Å². The second-order valence-electron chi connectivity index (χ2n) is 3.90. The molecule has 1 aromatic heterocycles. The Hall–Kier alpha value is -2.15. The SMILES string of the molecule is CNc1ncccc1COc1cccc([N+](=O)[O-])c1Br. The molecule has 0 spiro atoms. The molecule has 1 N–H and O–H groups in total. The van der Waals surface area contributed by atoms with Crippen molar-refractivity contribution in [1.82, 2.24) is 4.98 Å². The molecule has 0 saturated carbocycles. The van der Waals surface area contributed by atoms with Gasteiger partial charge < -0.3 is 10.1 Å². The Balaban J connectivity index is 2.19. The van der Waals surface area contributed by atoms with Crippen molar-refractivity contribution in [2.45, 2.75) is 6.61 Å². The molecule has 20 heavy (non-hydrogen) atoms. The molecule has 104 valence electrons. The first-order valence-electron chi connectivity index (χ1n) is 5.81. The molecule has 0 radical (unpaired) electrons. The quantitative estimate of drug-likeness (QED) is 0.668. The van der Waals surface area contributed by atoms with Crippen molar-refractivity contribution >= 4 is 27.4 Å². The molecule has 0 aliphatic heterocycles. The monoisotopic (exact) mass is 337 g/mol. The summed E-state index contributed by atoms with van der Waals surface area (Å²) in [5, 5.41) is 13.8. The van der Waals surface area contributed by atoms with Gasteiger partial charge in [0.05, 0.1) is 4.92 Å². The highest BCUT2D eigenvalue weighted by Crippen LogP contribution is 2.34. The Morgan fingerprint density at radius 1 is 1.40 bits per heavy atom. The molecule has 0 atom stereocenters. The number of hydrogen-bond donors (Lipinski definition) is 1. The van der Waals surface area contributed by atoms with Crippen molar-refractivity contribution in [1.29, 1.82) is 0 Å². The van der Waals surface area contributed by atoms with Crippen molar-refractivity contribution in [3.63, 3.8) is 0 Å². The highest BCUT2D eigenvalue weighted by molar-refractivity contribution is 9.10. The van der Waals surface area contributed by atoms with E-state index in [-0.39, 0.29) is 12.3 Å². The maximum absolute atomic E-state index is 10.8. The largest absolute Gasteiger partial charge is 0.487 e. The number of nitrogens with zero attached hydrogens (tertiary/aromatic N) is 2. The zero-order chi connectivity index (χ0) is 14.5. The topological polar surface area (TPSA) is 77.3 Å². The summed E-state index contributed by atoms with van der Waals surface area (Å²) in [6.07, 6.45) is 1.68. The first-order valence-corrected chi connectivity index (χ1v) is 6.60. The second kappa shape index (κ2) is 6.33. The van der Waals surface area contributed by atoms with Crippen LogP contribution in [0.4, 0.5) is 11.5 Å². The van der Waals surface area contributed by atoms with Gasteiger partial charge in [-0.2, -0.15) is 0 Å². The smallest absolute Gasteiger partial charge is 0.287 e. The van der Waals surface area contributed by atoms with Crippen LogP contribution in [0.15, 0.2) is 41.0 Å². The third kappa shape index (κ3) is 3.05. The minimum atomic E-state index is -0.458. The molecular formula is C13H12BrN3O3. The number of nitrogens with one attached hydrogen (secondary N) is 1. The number of nitro benzene ring substituents is 1. The minimum absolute atomic E-state index is 0.0254. The summed E-state index contributed by atoms with van der Waals surface area (Å²) in [4.78, 5) is 14.6. The molecule has 0 aliphatic rings. The fourth-order valence-corrected chi connectivity index (χ4v) is 2.21. The number of aromatic nitrogens is 1. The first-order chi connectivity index (χ1) is 9.63. The van der Waals surface area contributed by atoms with Gasteiger partial charge in [-0.25, -0.2) is 4.98 Å². The minimum Gasteiger partial charge on any atom is -0.487 e. The van der Waals surface area contributed by atoms with E-state index in [9.17, 15) is 10.1 Å². The number of ether oxygens (including phenoxy) is 1. The average Bonchev–Trinajstić information content (AvgIpc) is 2.46. The van der Waals surface area contributed by atoms with Gasteiger partial charge in [0, 0.05) is 24.9 Å². The maximum atomic E-state index is 10.8. The van der Waals surface area contributed by atoms with Crippen molar-refractivity contribution in [2.75, 3.05) is 12.4 Å². The molecule has 0 amide bonds. The fraction of sp³-hybridized carbons (Fsp3) is 0.154. The van der Waals surface area contributed by atoms with Crippen LogP contribution < -0.4 is 10.1 Å². The molecule has 0 unspecified atom stereocenters. The third-order valence-electron chi connectivity index (χ3n) is 2.65. The lowest BCUT2D eigenvalue weighted by atomic mass is 10.2. The summed E-state index contributed by atoms with van der Waals surface area (Å²) in [5.41, 5.74) is 0.843. The molecule has 0 bridgehead atoms. The van der Waals surface area contributed by atoms with E-state index in [1.165, 1.54) is 6.07 Å². The van der Waals surface area contributed by atoms with E-state index in [0.29, 0.717) is 16.0 Å². The van der Waals surface area contributed by atoms with E-state index in [1.54, 1.807) is 25.4 Å². The zero-order valence-corrected chi connectivity index (χ0v) is 12.3. The lowest BCUT2D eigenvalue weighted by Gasteiger charge is -2.10. The molecule has 1 heterocycles. The van der Waals surface area contributed by atoms with Crippen LogP contribution >= 0.6 is 15.9 Å². The summed E-state index contributed by atoms with van der Waals surface area (Å²) in [6, 6.07) is 8.36. The fourth-order valence-electron chi connectivity index (χ4n) is 1.69. The first kappa shape index (κ1) is 14.3. The van der Waals surface area contributed by atoms with Gasteiger partial charge in [-0.05, 0) is 28.1 Å². The highest BCUT2D eigenvalue weighted by Gasteiger charge is 2.16. The molecule has 2 aromatic rings. The average molecular weight is 338 g/mol. The summed E-state index contributed by atoms with van der Waals surface area (Å²) in [5.74, 6) is 1.14. The predicted octanol–water partition coefficient (Wildman–Crippen LogP) is 3.37. The van der Waals surface area contributed by atoms with Crippen LogP contribution in [0, 0.1) is 10.1 Å². The van der Waals surface area contributed by atoms with Crippen LogP contribution in [-0.4, -0.2) is 17.0 Å². The number of pyridine rings is 1. The van der Waals surface area contributed by atoms with E-state index >= 15 is 0 Å².